The first-order chi connectivity index (χ1) is 7.19. The third kappa shape index (κ3) is 4.47. The summed E-state index contributed by atoms with van der Waals surface area (Å²) in [6.07, 6.45) is 2.23. The van der Waals surface area contributed by atoms with Crippen molar-refractivity contribution in [2.24, 2.45) is 11.7 Å². The van der Waals surface area contributed by atoms with E-state index in [0.29, 0.717) is 25.7 Å². The molecule has 2 atom stereocenters. The Morgan fingerprint density at radius 2 is 2.20 bits per heavy atom. The number of rotatable bonds is 8. The van der Waals surface area contributed by atoms with Crippen LogP contribution in [0.2, 0.25) is 0 Å². The van der Waals surface area contributed by atoms with Crippen molar-refractivity contribution in [3.05, 3.63) is 0 Å². The van der Waals surface area contributed by atoms with Gasteiger partial charge in [-0.3, -0.25) is 4.90 Å². The van der Waals surface area contributed by atoms with E-state index in [2.05, 4.69) is 11.8 Å². The Kier molecular flexibility index (Phi) is 5.53. The van der Waals surface area contributed by atoms with Gasteiger partial charge in [-0.2, -0.15) is 0 Å². The molecule has 0 aliphatic heterocycles. The van der Waals surface area contributed by atoms with Crippen molar-refractivity contribution >= 4 is 0 Å². The van der Waals surface area contributed by atoms with Gasteiger partial charge >= 0.3 is 0 Å². The molecule has 90 valence electrons. The normalized spacial score (nSPS) is 20.6. The van der Waals surface area contributed by atoms with Gasteiger partial charge in [0.05, 0.1) is 12.7 Å². The first-order valence-corrected chi connectivity index (χ1v) is 5.80. The third-order valence-corrected chi connectivity index (χ3v) is 3.18. The molecule has 0 heterocycles. The van der Waals surface area contributed by atoms with E-state index < -0.39 is 6.10 Å². The van der Waals surface area contributed by atoms with E-state index in [1.807, 2.05) is 0 Å². The number of nitrogens with zero attached hydrogens (tertiary/aromatic N) is 1. The summed E-state index contributed by atoms with van der Waals surface area (Å²) >= 11 is 0. The van der Waals surface area contributed by atoms with Crippen LogP contribution >= 0.6 is 0 Å². The van der Waals surface area contributed by atoms with Gasteiger partial charge in [-0.25, -0.2) is 0 Å². The lowest BCUT2D eigenvalue weighted by Gasteiger charge is -2.30. The molecule has 1 aliphatic carbocycles. The molecule has 1 rings (SSSR count). The minimum absolute atomic E-state index is 0.334. The number of ether oxygens (including phenoxy) is 1. The van der Waals surface area contributed by atoms with Crippen LogP contribution in [0.25, 0.3) is 0 Å². The fourth-order valence-corrected chi connectivity index (χ4v) is 1.89. The molecule has 0 amide bonds. The fraction of sp³-hybridized carbons (Fsp3) is 1.00. The Hall–Kier alpha value is -0.160. The molecule has 15 heavy (non-hydrogen) atoms. The van der Waals surface area contributed by atoms with E-state index in [4.69, 9.17) is 10.5 Å². The van der Waals surface area contributed by atoms with Crippen LogP contribution in [-0.4, -0.2) is 55.5 Å². The topological polar surface area (TPSA) is 58.7 Å². The van der Waals surface area contributed by atoms with E-state index in [1.54, 1.807) is 7.11 Å². The van der Waals surface area contributed by atoms with Crippen molar-refractivity contribution in [3.8, 4) is 0 Å². The van der Waals surface area contributed by atoms with Crippen LogP contribution in [0.5, 0.6) is 0 Å². The molecular weight excluding hydrogens is 192 g/mol. The lowest BCUT2D eigenvalue weighted by atomic mass is 10.1. The second-order valence-electron chi connectivity index (χ2n) is 4.46. The van der Waals surface area contributed by atoms with Gasteiger partial charge in [0.1, 0.15) is 0 Å². The Balaban J connectivity index is 2.36. The highest BCUT2D eigenvalue weighted by molar-refractivity contribution is 4.86. The highest BCUT2D eigenvalue weighted by atomic mass is 16.5. The van der Waals surface area contributed by atoms with Crippen molar-refractivity contribution in [1.29, 1.82) is 0 Å². The van der Waals surface area contributed by atoms with Crippen molar-refractivity contribution < 1.29 is 9.84 Å². The predicted molar refractivity (Wildman–Crippen MR) is 60.7 cm³/mol. The SMILES string of the molecule is COCCN(CC(O)CN)C(C)C1CC1. The predicted octanol–water partition coefficient (Wildman–Crippen LogP) is 0.0529. The molecule has 3 N–H and O–H groups in total. The van der Waals surface area contributed by atoms with Gasteiger partial charge in [0.2, 0.25) is 0 Å². The average molecular weight is 216 g/mol. The van der Waals surface area contributed by atoms with Crippen LogP contribution in [0.4, 0.5) is 0 Å². The molecule has 0 aromatic carbocycles. The van der Waals surface area contributed by atoms with Crippen molar-refractivity contribution in [3.63, 3.8) is 0 Å². The maximum absolute atomic E-state index is 9.57. The first kappa shape index (κ1) is 12.9. The zero-order valence-corrected chi connectivity index (χ0v) is 9.85. The zero-order chi connectivity index (χ0) is 11.3. The van der Waals surface area contributed by atoms with Crippen molar-refractivity contribution in [2.75, 3.05) is 33.4 Å². The number of aliphatic hydroxyl groups excluding tert-OH is 1. The monoisotopic (exact) mass is 216 g/mol. The maximum atomic E-state index is 9.57. The molecular formula is C11H24N2O2. The van der Waals surface area contributed by atoms with E-state index in [9.17, 15) is 5.11 Å². The molecule has 0 aromatic rings. The van der Waals surface area contributed by atoms with Gasteiger partial charge in [0.25, 0.3) is 0 Å². The first-order valence-electron chi connectivity index (χ1n) is 5.80. The van der Waals surface area contributed by atoms with Gasteiger partial charge in [-0.1, -0.05) is 0 Å². The minimum Gasteiger partial charge on any atom is -0.390 e. The number of aliphatic hydroxyl groups is 1. The van der Waals surface area contributed by atoms with E-state index in [0.717, 1.165) is 12.5 Å². The Morgan fingerprint density at radius 1 is 1.53 bits per heavy atom. The second kappa shape index (κ2) is 6.43. The quantitative estimate of drug-likeness (QED) is 0.602. The Bertz CT molecular complexity index is 174. The lowest BCUT2D eigenvalue weighted by Crippen LogP contribution is -2.44. The summed E-state index contributed by atoms with van der Waals surface area (Å²) in [5, 5.41) is 9.57. The Labute approximate surface area is 92.4 Å². The summed E-state index contributed by atoms with van der Waals surface area (Å²) in [4.78, 5) is 2.29. The van der Waals surface area contributed by atoms with Gasteiger partial charge in [-0.05, 0) is 25.7 Å². The van der Waals surface area contributed by atoms with Crippen LogP contribution in [0, 0.1) is 5.92 Å². The van der Waals surface area contributed by atoms with Crippen LogP contribution in [0.1, 0.15) is 19.8 Å². The molecule has 4 heteroatoms. The molecule has 0 saturated heterocycles. The molecule has 4 nitrogen and oxygen atoms in total. The van der Waals surface area contributed by atoms with Crippen molar-refractivity contribution in [1.82, 2.24) is 4.90 Å². The number of nitrogens with two attached hydrogens (primary N) is 1. The van der Waals surface area contributed by atoms with Crippen LogP contribution in [0.15, 0.2) is 0 Å². The van der Waals surface area contributed by atoms with Crippen LogP contribution in [0.3, 0.4) is 0 Å². The van der Waals surface area contributed by atoms with Gasteiger partial charge < -0.3 is 15.6 Å². The molecule has 1 fully saturated rings. The van der Waals surface area contributed by atoms with E-state index >= 15 is 0 Å². The second-order valence-corrected chi connectivity index (χ2v) is 4.46. The fourth-order valence-electron chi connectivity index (χ4n) is 1.89. The number of hydrogen-bond acceptors (Lipinski definition) is 4. The molecule has 0 radical (unpaired) electrons. The van der Waals surface area contributed by atoms with Gasteiger partial charge in [-0.15, -0.1) is 0 Å². The number of methoxy groups -OCH3 is 1. The summed E-state index contributed by atoms with van der Waals surface area (Å²) in [6, 6.07) is 0.543. The van der Waals surface area contributed by atoms with Gasteiger partial charge in [0, 0.05) is 32.8 Å². The summed E-state index contributed by atoms with van der Waals surface area (Å²) < 4.78 is 5.08. The largest absolute Gasteiger partial charge is 0.390 e. The average Bonchev–Trinajstić information content (AvgIpc) is 3.06. The highest BCUT2D eigenvalue weighted by Crippen LogP contribution is 2.35. The van der Waals surface area contributed by atoms with Crippen LogP contribution in [-0.2, 0) is 4.74 Å². The minimum atomic E-state index is -0.414. The molecule has 2 unspecified atom stereocenters. The third-order valence-electron chi connectivity index (χ3n) is 3.18. The molecule has 0 bridgehead atoms. The lowest BCUT2D eigenvalue weighted by molar-refractivity contribution is 0.0659. The zero-order valence-electron chi connectivity index (χ0n) is 9.85. The maximum Gasteiger partial charge on any atom is 0.0789 e. The van der Waals surface area contributed by atoms with Crippen molar-refractivity contribution in [2.45, 2.75) is 31.9 Å². The summed E-state index contributed by atoms with van der Waals surface area (Å²) in [7, 11) is 1.71. The summed E-state index contributed by atoms with van der Waals surface area (Å²) in [6.45, 7) is 4.83. The molecule has 0 aromatic heterocycles. The standard InChI is InChI=1S/C11H24N2O2/c1-9(10-3-4-10)13(5-6-15-2)8-11(14)7-12/h9-11,14H,3-8,12H2,1-2H3. The Morgan fingerprint density at radius 3 is 2.67 bits per heavy atom. The summed E-state index contributed by atoms with van der Waals surface area (Å²) in [5.74, 6) is 0.812. The summed E-state index contributed by atoms with van der Waals surface area (Å²) in [5.41, 5.74) is 5.43. The van der Waals surface area contributed by atoms with E-state index in [1.165, 1.54) is 12.8 Å². The molecule has 1 saturated carbocycles. The highest BCUT2D eigenvalue weighted by Gasteiger charge is 2.32. The molecule has 1 aliphatic rings. The van der Waals surface area contributed by atoms with Crippen LogP contribution < -0.4 is 5.73 Å². The smallest absolute Gasteiger partial charge is 0.0789 e. The van der Waals surface area contributed by atoms with Gasteiger partial charge in [0.15, 0.2) is 0 Å². The molecule has 0 spiro atoms. The van der Waals surface area contributed by atoms with E-state index in [-0.39, 0.29) is 0 Å². The number of hydrogen-bond donors (Lipinski definition) is 2.